The Labute approximate surface area is 78.0 Å². The largest absolute Gasteiger partial charge is 0.396 e. The molecule has 0 amide bonds. The highest BCUT2D eigenvalue weighted by atomic mass is 16.3. The third kappa shape index (κ3) is 3.92. The van der Waals surface area contributed by atoms with Gasteiger partial charge < -0.3 is 15.5 Å². The first kappa shape index (κ1) is 10.0. The Bertz CT molecular complexity index is 226. The van der Waals surface area contributed by atoms with Crippen molar-refractivity contribution in [1.82, 2.24) is 0 Å². The summed E-state index contributed by atoms with van der Waals surface area (Å²) >= 11 is 0. The van der Waals surface area contributed by atoms with Crippen molar-refractivity contribution < 1.29 is 10.2 Å². The number of benzene rings is 1. The minimum atomic E-state index is -0.481. The molecule has 0 aliphatic carbocycles. The Morgan fingerprint density at radius 3 is 2.54 bits per heavy atom. The molecule has 13 heavy (non-hydrogen) atoms. The van der Waals surface area contributed by atoms with Gasteiger partial charge in [0.1, 0.15) is 0 Å². The fourth-order valence-electron chi connectivity index (χ4n) is 1.04. The standard InChI is InChI=1S/C10H15NO2/c12-7-6-10(13)8-11-9-4-2-1-3-5-9/h1-5,10-13H,6-8H2. The summed E-state index contributed by atoms with van der Waals surface area (Å²) in [7, 11) is 0. The Kier molecular flexibility index (Phi) is 4.29. The number of anilines is 1. The van der Waals surface area contributed by atoms with Crippen LogP contribution in [0.5, 0.6) is 0 Å². The molecule has 0 radical (unpaired) electrons. The molecule has 0 aliphatic heterocycles. The van der Waals surface area contributed by atoms with Crippen LogP contribution in [0.25, 0.3) is 0 Å². The minimum Gasteiger partial charge on any atom is -0.396 e. The van der Waals surface area contributed by atoms with Gasteiger partial charge in [-0.25, -0.2) is 0 Å². The third-order valence-electron chi connectivity index (χ3n) is 1.78. The Morgan fingerprint density at radius 1 is 1.23 bits per heavy atom. The van der Waals surface area contributed by atoms with Crippen molar-refractivity contribution >= 4 is 5.69 Å². The number of aliphatic hydroxyl groups is 2. The smallest absolute Gasteiger partial charge is 0.0734 e. The lowest BCUT2D eigenvalue weighted by molar-refractivity contribution is 0.143. The van der Waals surface area contributed by atoms with E-state index >= 15 is 0 Å². The van der Waals surface area contributed by atoms with E-state index in [1.807, 2.05) is 30.3 Å². The van der Waals surface area contributed by atoms with E-state index in [-0.39, 0.29) is 6.61 Å². The van der Waals surface area contributed by atoms with Gasteiger partial charge in [0.2, 0.25) is 0 Å². The van der Waals surface area contributed by atoms with Crippen LogP contribution in [-0.4, -0.2) is 29.5 Å². The molecule has 0 aliphatic rings. The highest BCUT2D eigenvalue weighted by Gasteiger charge is 2.01. The minimum absolute atomic E-state index is 0.0254. The van der Waals surface area contributed by atoms with E-state index in [1.165, 1.54) is 0 Å². The summed E-state index contributed by atoms with van der Waals surface area (Å²) in [6.07, 6.45) is -0.0648. The maximum absolute atomic E-state index is 9.29. The molecular weight excluding hydrogens is 166 g/mol. The monoisotopic (exact) mass is 181 g/mol. The summed E-state index contributed by atoms with van der Waals surface area (Å²) < 4.78 is 0. The van der Waals surface area contributed by atoms with Crippen LogP contribution in [-0.2, 0) is 0 Å². The second-order valence-corrected chi connectivity index (χ2v) is 2.91. The molecule has 1 aromatic carbocycles. The molecule has 72 valence electrons. The molecule has 0 bridgehead atoms. The Balaban J connectivity index is 2.27. The maximum Gasteiger partial charge on any atom is 0.0734 e. The molecule has 0 saturated heterocycles. The highest BCUT2D eigenvalue weighted by Crippen LogP contribution is 2.04. The number of nitrogens with one attached hydrogen (secondary N) is 1. The second-order valence-electron chi connectivity index (χ2n) is 2.91. The zero-order chi connectivity index (χ0) is 9.52. The summed E-state index contributed by atoms with van der Waals surface area (Å²) in [5.41, 5.74) is 0.986. The molecule has 1 unspecified atom stereocenters. The summed E-state index contributed by atoms with van der Waals surface area (Å²) in [5, 5.41) is 20.9. The van der Waals surface area contributed by atoms with Crippen LogP contribution in [0.4, 0.5) is 5.69 Å². The van der Waals surface area contributed by atoms with Crippen LogP contribution in [0.2, 0.25) is 0 Å². The van der Waals surface area contributed by atoms with Gasteiger partial charge in [-0.3, -0.25) is 0 Å². The summed E-state index contributed by atoms with van der Waals surface area (Å²) in [4.78, 5) is 0. The Hall–Kier alpha value is -1.06. The van der Waals surface area contributed by atoms with E-state index < -0.39 is 6.10 Å². The lowest BCUT2D eigenvalue weighted by Crippen LogP contribution is -2.20. The first-order valence-electron chi connectivity index (χ1n) is 4.41. The van der Waals surface area contributed by atoms with E-state index in [9.17, 15) is 5.11 Å². The molecule has 1 aromatic rings. The van der Waals surface area contributed by atoms with E-state index in [0.29, 0.717) is 13.0 Å². The molecule has 3 nitrogen and oxygen atoms in total. The summed E-state index contributed by atoms with van der Waals surface area (Å²) in [5.74, 6) is 0. The van der Waals surface area contributed by atoms with Crippen molar-refractivity contribution in [3.8, 4) is 0 Å². The van der Waals surface area contributed by atoms with Gasteiger partial charge in [0.25, 0.3) is 0 Å². The molecule has 3 heteroatoms. The van der Waals surface area contributed by atoms with Crippen molar-refractivity contribution in [2.75, 3.05) is 18.5 Å². The van der Waals surface area contributed by atoms with E-state index in [0.717, 1.165) is 5.69 Å². The van der Waals surface area contributed by atoms with Gasteiger partial charge in [-0.2, -0.15) is 0 Å². The number of rotatable bonds is 5. The summed E-state index contributed by atoms with van der Waals surface area (Å²) in [6, 6.07) is 9.67. The third-order valence-corrected chi connectivity index (χ3v) is 1.78. The van der Waals surface area contributed by atoms with E-state index in [2.05, 4.69) is 5.32 Å². The van der Waals surface area contributed by atoms with Crippen molar-refractivity contribution in [2.45, 2.75) is 12.5 Å². The molecule has 0 spiro atoms. The lowest BCUT2D eigenvalue weighted by Gasteiger charge is -2.10. The first-order chi connectivity index (χ1) is 6.33. The van der Waals surface area contributed by atoms with Gasteiger partial charge in [-0.1, -0.05) is 18.2 Å². The number of aliphatic hydroxyl groups excluding tert-OH is 2. The van der Waals surface area contributed by atoms with Crippen LogP contribution < -0.4 is 5.32 Å². The molecular formula is C10H15NO2. The molecule has 1 atom stereocenters. The fraction of sp³-hybridized carbons (Fsp3) is 0.400. The quantitative estimate of drug-likeness (QED) is 0.631. The molecule has 0 heterocycles. The van der Waals surface area contributed by atoms with Crippen molar-refractivity contribution in [3.05, 3.63) is 30.3 Å². The van der Waals surface area contributed by atoms with Crippen molar-refractivity contribution in [2.24, 2.45) is 0 Å². The SMILES string of the molecule is OCCC(O)CNc1ccccc1. The van der Waals surface area contributed by atoms with Crippen LogP contribution in [0.15, 0.2) is 30.3 Å². The van der Waals surface area contributed by atoms with Gasteiger partial charge in [-0.05, 0) is 18.6 Å². The molecule has 0 aromatic heterocycles. The van der Waals surface area contributed by atoms with E-state index in [1.54, 1.807) is 0 Å². The maximum atomic E-state index is 9.29. The van der Waals surface area contributed by atoms with Crippen LogP contribution in [0.1, 0.15) is 6.42 Å². The van der Waals surface area contributed by atoms with Gasteiger partial charge >= 0.3 is 0 Å². The van der Waals surface area contributed by atoms with E-state index in [4.69, 9.17) is 5.11 Å². The van der Waals surface area contributed by atoms with Crippen molar-refractivity contribution in [1.29, 1.82) is 0 Å². The molecule has 0 fully saturated rings. The highest BCUT2D eigenvalue weighted by molar-refractivity contribution is 5.42. The lowest BCUT2D eigenvalue weighted by atomic mass is 10.2. The average Bonchev–Trinajstić information content (AvgIpc) is 2.17. The average molecular weight is 181 g/mol. The normalized spacial score (nSPS) is 12.5. The number of hydrogen-bond acceptors (Lipinski definition) is 3. The Morgan fingerprint density at radius 2 is 1.92 bits per heavy atom. The molecule has 1 rings (SSSR count). The summed E-state index contributed by atoms with van der Waals surface area (Å²) in [6.45, 7) is 0.502. The van der Waals surface area contributed by atoms with Crippen LogP contribution >= 0.6 is 0 Å². The topological polar surface area (TPSA) is 52.5 Å². The first-order valence-corrected chi connectivity index (χ1v) is 4.41. The number of para-hydroxylation sites is 1. The predicted octanol–water partition coefficient (Wildman–Crippen LogP) is 0.842. The zero-order valence-corrected chi connectivity index (χ0v) is 7.48. The predicted molar refractivity (Wildman–Crippen MR) is 52.6 cm³/mol. The van der Waals surface area contributed by atoms with Crippen molar-refractivity contribution in [3.63, 3.8) is 0 Å². The molecule has 0 saturated carbocycles. The van der Waals surface area contributed by atoms with Gasteiger partial charge in [-0.15, -0.1) is 0 Å². The fourth-order valence-corrected chi connectivity index (χ4v) is 1.04. The van der Waals surface area contributed by atoms with Gasteiger partial charge in [0, 0.05) is 18.8 Å². The van der Waals surface area contributed by atoms with Gasteiger partial charge in [0.15, 0.2) is 0 Å². The van der Waals surface area contributed by atoms with Gasteiger partial charge in [0.05, 0.1) is 6.10 Å². The van der Waals surface area contributed by atoms with Crippen LogP contribution in [0.3, 0.4) is 0 Å². The second kappa shape index (κ2) is 5.56. The zero-order valence-electron chi connectivity index (χ0n) is 7.48. The number of hydrogen-bond donors (Lipinski definition) is 3. The molecule has 3 N–H and O–H groups in total. The van der Waals surface area contributed by atoms with Crippen LogP contribution in [0, 0.1) is 0 Å².